The van der Waals surface area contributed by atoms with Crippen LogP contribution in [0.3, 0.4) is 0 Å². The predicted molar refractivity (Wildman–Crippen MR) is 50.3 cm³/mol. The highest BCUT2D eigenvalue weighted by molar-refractivity contribution is 5.79. The molecule has 13 heavy (non-hydrogen) atoms. The van der Waals surface area contributed by atoms with Crippen LogP contribution in [0.25, 0.3) is 0 Å². The first-order chi connectivity index (χ1) is 6.27. The van der Waals surface area contributed by atoms with E-state index in [-0.39, 0.29) is 18.4 Å². The molecule has 1 amide bonds. The molecule has 0 saturated carbocycles. The molecule has 0 radical (unpaired) electrons. The molecule has 0 bridgehead atoms. The number of hydrogen-bond donors (Lipinski definition) is 2. The standard InChI is InChI=1S/C9H18N2O2/c1-2-11-5-3-8(7-11)9(13)10-4-6-12/h8,12H,2-7H2,1H3,(H,10,13)/t8-/m0/s1. The Labute approximate surface area is 78.9 Å². The zero-order valence-electron chi connectivity index (χ0n) is 8.12. The van der Waals surface area contributed by atoms with Gasteiger partial charge < -0.3 is 15.3 Å². The summed E-state index contributed by atoms with van der Waals surface area (Å²) in [6.07, 6.45) is 0.950. The summed E-state index contributed by atoms with van der Waals surface area (Å²) in [6, 6.07) is 0. The summed E-state index contributed by atoms with van der Waals surface area (Å²) in [4.78, 5) is 13.7. The number of hydrogen-bond acceptors (Lipinski definition) is 3. The molecular weight excluding hydrogens is 168 g/mol. The van der Waals surface area contributed by atoms with E-state index in [0.29, 0.717) is 6.54 Å². The second-order valence-corrected chi connectivity index (χ2v) is 3.39. The Bertz CT molecular complexity index is 173. The fourth-order valence-electron chi connectivity index (χ4n) is 1.66. The van der Waals surface area contributed by atoms with Crippen molar-refractivity contribution in [2.24, 2.45) is 5.92 Å². The number of likely N-dealkylation sites (tertiary alicyclic amines) is 1. The van der Waals surface area contributed by atoms with Gasteiger partial charge in [-0.15, -0.1) is 0 Å². The van der Waals surface area contributed by atoms with E-state index in [1.165, 1.54) is 0 Å². The van der Waals surface area contributed by atoms with Crippen molar-refractivity contribution in [3.8, 4) is 0 Å². The van der Waals surface area contributed by atoms with Crippen molar-refractivity contribution in [1.82, 2.24) is 10.2 Å². The number of nitrogens with zero attached hydrogens (tertiary/aromatic N) is 1. The molecule has 0 aromatic heterocycles. The maximum atomic E-state index is 11.4. The van der Waals surface area contributed by atoms with Gasteiger partial charge in [0.15, 0.2) is 0 Å². The number of amides is 1. The van der Waals surface area contributed by atoms with Gasteiger partial charge in [-0.3, -0.25) is 4.79 Å². The van der Waals surface area contributed by atoms with Gasteiger partial charge in [0.05, 0.1) is 12.5 Å². The molecule has 1 rings (SSSR count). The fraction of sp³-hybridized carbons (Fsp3) is 0.889. The van der Waals surface area contributed by atoms with Gasteiger partial charge in [0, 0.05) is 13.1 Å². The highest BCUT2D eigenvalue weighted by atomic mass is 16.3. The minimum atomic E-state index is 0.0238. The van der Waals surface area contributed by atoms with Crippen molar-refractivity contribution in [3.63, 3.8) is 0 Å². The van der Waals surface area contributed by atoms with Crippen LogP contribution < -0.4 is 5.32 Å². The topological polar surface area (TPSA) is 52.6 Å². The van der Waals surface area contributed by atoms with Crippen molar-refractivity contribution in [1.29, 1.82) is 0 Å². The second kappa shape index (κ2) is 5.19. The fourth-order valence-corrected chi connectivity index (χ4v) is 1.66. The molecule has 0 unspecified atom stereocenters. The van der Waals surface area contributed by atoms with Crippen LogP contribution in [0.4, 0.5) is 0 Å². The Hall–Kier alpha value is -0.610. The van der Waals surface area contributed by atoms with Crippen molar-refractivity contribution >= 4 is 5.91 Å². The highest BCUT2D eigenvalue weighted by Crippen LogP contribution is 2.15. The minimum Gasteiger partial charge on any atom is -0.395 e. The maximum absolute atomic E-state index is 11.4. The molecule has 76 valence electrons. The Morgan fingerprint density at radius 3 is 3.00 bits per heavy atom. The van der Waals surface area contributed by atoms with Gasteiger partial charge in [-0.05, 0) is 19.5 Å². The monoisotopic (exact) mass is 186 g/mol. The summed E-state index contributed by atoms with van der Waals surface area (Å²) in [7, 11) is 0. The summed E-state index contributed by atoms with van der Waals surface area (Å²) in [5.74, 6) is 0.219. The van der Waals surface area contributed by atoms with Crippen LogP contribution in [0.15, 0.2) is 0 Å². The summed E-state index contributed by atoms with van der Waals surface area (Å²) < 4.78 is 0. The lowest BCUT2D eigenvalue weighted by Gasteiger charge is -2.12. The molecule has 0 aliphatic carbocycles. The average Bonchev–Trinajstić information content (AvgIpc) is 2.62. The van der Waals surface area contributed by atoms with Gasteiger partial charge in [-0.2, -0.15) is 0 Å². The molecule has 1 saturated heterocycles. The third-order valence-electron chi connectivity index (χ3n) is 2.50. The average molecular weight is 186 g/mol. The number of aliphatic hydroxyl groups is 1. The van der Waals surface area contributed by atoms with E-state index in [9.17, 15) is 4.79 Å². The number of carbonyl (C=O) groups is 1. The third-order valence-corrected chi connectivity index (χ3v) is 2.50. The van der Waals surface area contributed by atoms with Gasteiger partial charge >= 0.3 is 0 Å². The molecule has 1 heterocycles. The number of rotatable bonds is 4. The van der Waals surface area contributed by atoms with E-state index in [4.69, 9.17) is 5.11 Å². The SMILES string of the molecule is CCN1CC[C@H](C(=O)NCCO)C1. The first-order valence-corrected chi connectivity index (χ1v) is 4.88. The zero-order valence-corrected chi connectivity index (χ0v) is 8.12. The van der Waals surface area contributed by atoms with Crippen LogP contribution in [0.5, 0.6) is 0 Å². The van der Waals surface area contributed by atoms with Crippen LogP contribution in [0.1, 0.15) is 13.3 Å². The molecule has 0 spiro atoms. The van der Waals surface area contributed by atoms with Crippen molar-refractivity contribution < 1.29 is 9.90 Å². The summed E-state index contributed by atoms with van der Waals surface area (Å²) in [5.41, 5.74) is 0. The normalized spacial score (nSPS) is 23.4. The molecule has 4 nitrogen and oxygen atoms in total. The molecule has 1 atom stereocenters. The first kappa shape index (κ1) is 10.5. The minimum absolute atomic E-state index is 0.0238. The van der Waals surface area contributed by atoms with E-state index in [1.807, 2.05) is 0 Å². The van der Waals surface area contributed by atoms with Gasteiger partial charge in [0.1, 0.15) is 0 Å². The van der Waals surface area contributed by atoms with Gasteiger partial charge in [0.25, 0.3) is 0 Å². The van der Waals surface area contributed by atoms with E-state index in [0.717, 1.165) is 26.1 Å². The zero-order chi connectivity index (χ0) is 9.68. The quantitative estimate of drug-likeness (QED) is 0.618. The van der Waals surface area contributed by atoms with Crippen LogP contribution >= 0.6 is 0 Å². The lowest BCUT2D eigenvalue weighted by atomic mass is 10.1. The molecule has 1 aliphatic heterocycles. The van der Waals surface area contributed by atoms with Crippen LogP contribution in [0.2, 0.25) is 0 Å². The highest BCUT2D eigenvalue weighted by Gasteiger charge is 2.26. The molecule has 1 aliphatic rings. The maximum Gasteiger partial charge on any atom is 0.224 e. The van der Waals surface area contributed by atoms with E-state index < -0.39 is 0 Å². The summed E-state index contributed by atoms with van der Waals surface area (Å²) in [5, 5.41) is 11.2. The van der Waals surface area contributed by atoms with E-state index >= 15 is 0 Å². The Balaban J connectivity index is 2.25. The van der Waals surface area contributed by atoms with E-state index in [1.54, 1.807) is 0 Å². The largest absolute Gasteiger partial charge is 0.395 e. The van der Waals surface area contributed by atoms with Gasteiger partial charge in [-0.25, -0.2) is 0 Å². The molecule has 0 aromatic carbocycles. The molecule has 0 aromatic rings. The number of nitrogens with one attached hydrogen (secondary N) is 1. The molecule has 1 fully saturated rings. The van der Waals surface area contributed by atoms with Gasteiger partial charge in [0.2, 0.25) is 5.91 Å². The Morgan fingerprint density at radius 2 is 2.46 bits per heavy atom. The number of carbonyl (C=O) groups excluding carboxylic acids is 1. The predicted octanol–water partition coefficient (Wildman–Crippen LogP) is -0.563. The summed E-state index contributed by atoms with van der Waals surface area (Å²) in [6.45, 7) is 5.41. The Morgan fingerprint density at radius 1 is 1.69 bits per heavy atom. The molecular formula is C9H18N2O2. The van der Waals surface area contributed by atoms with E-state index in [2.05, 4.69) is 17.1 Å². The lowest BCUT2D eigenvalue weighted by molar-refractivity contribution is -0.124. The smallest absolute Gasteiger partial charge is 0.224 e. The van der Waals surface area contributed by atoms with Crippen molar-refractivity contribution in [2.75, 3.05) is 32.8 Å². The van der Waals surface area contributed by atoms with Crippen LogP contribution in [0, 0.1) is 5.92 Å². The number of aliphatic hydroxyl groups excluding tert-OH is 1. The van der Waals surface area contributed by atoms with Gasteiger partial charge in [-0.1, -0.05) is 6.92 Å². The lowest BCUT2D eigenvalue weighted by Crippen LogP contribution is -2.34. The Kier molecular flexibility index (Phi) is 4.18. The van der Waals surface area contributed by atoms with Crippen molar-refractivity contribution in [3.05, 3.63) is 0 Å². The third kappa shape index (κ3) is 2.97. The molecule has 2 N–H and O–H groups in total. The second-order valence-electron chi connectivity index (χ2n) is 3.39. The van der Waals surface area contributed by atoms with Crippen molar-refractivity contribution in [2.45, 2.75) is 13.3 Å². The van der Waals surface area contributed by atoms with Crippen LogP contribution in [-0.2, 0) is 4.79 Å². The first-order valence-electron chi connectivity index (χ1n) is 4.88. The summed E-state index contributed by atoms with van der Waals surface area (Å²) >= 11 is 0. The molecule has 4 heteroatoms. The van der Waals surface area contributed by atoms with Crippen LogP contribution in [-0.4, -0.2) is 48.7 Å².